The van der Waals surface area contributed by atoms with Crippen LogP contribution >= 0.6 is 0 Å². The van der Waals surface area contributed by atoms with Gasteiger partial charge in [0.25, 0.3) is 0 Å². The van der Waals surface area contributed by atoms with E-state index in [4.69, 9.17) is 10.7 Å². The van der Waals surface area contributed by atoms with Gasteiger partial charge in [0.1, 0.15) is 5.82 Å². The van der Waals surface area contributed by atoms with Gasteiger partial charge in [0, 0.05) is 18.7 Å². The van der Waals surface area contributed by atoms with Crippen molar-refractivity contribution in [2.24, 2.45) is 0 Å². The summed E-state index contributed by atoms with van der Waals surface area (Å²) in [7, 11) is 0. The molecule has 0 fully saturated rings. The molecule has 3 heteroatoms. The number of nitrogens with zero attached hydrogens (tertiary/aromatic N) is 2. The van der Waals surface area contributed by atoms with Gasteiger partial charge in [0.2, 0.25) is 0 Å². The van der Waals surface area contributed by atoms with Crippen LogP contribution in [0.3, 0.4) is 0 Å². The quantitative estimate of drug-likeness (QED) is 0.736. The molecule has 3 aromatic rings. The average Bonchev–Trinajstić information content (AvgIpc) is 2.77. The molecule has 0 spiro atoms. The van der Waals surface area contributed by atoms with E-state index in [1.807, 2.05) is 12.1 Å². The number of benzene rings is 2. The Balaban J connectivity index is 2.04. The van der Waals surface area contributed by atoms with Gasteiger partial charge in [-0.15, -0.1) is 0 Å². The fraction of sp³-hybridized carbons (Fsp3) is 0.235. The summed E-state index contributed by atoms with van der Waals surface area (Å²) in [6.45, 7) is 5.20. The van der Waals surface area contributed by atoms with Crippen LogP contribution in [0.4, 0.5) is 5.69 Å². The first kappa shape index (κ1) is 12.7. The van der Waals surface area contributed by atoms with E-state index < -0.39 is 0 Å². The molecule has 1 aromatic heterocycles. The highest BCUT2D eigenvalue weighted by molar-refractivity contribution is 5.77. The minimum absolute atomic E-state index is 0.799. The molecular formula is C17H19N3. The zero-order valence-corrected chi connectivity index (χ0v) is 11.9. The number of hydrogen-bond donors (Lipinski definition) is 1. The molecule has 0 saturated carbocycles. The molecule has 0 aliphatic rings. The van der Waals surface area contributed by atoms with E-state index in [1.165, 1.54) is 16.6 Å². The minimum atomic E-state index is 0.799. The molecule has 0 unspecified atom stereocenters. The predicted molar refractivity (Wildman–Crippen MR) is 83.8 cm³/mol. The van der Waals surface area contributed by atoms with Crippen LogP contribution in [-0.2, 0) is 13.0 Å². The molecule has 0 atom stereocenters. The van der Waals surface area contributed by atoms with E-state index in [-0.39, 0.29) is 0 Å². The molecule has 20 heavy (non-hydrogen) atoms. The summed E-state index contributed by atoms with van der Waals surface area (Å²) < 4.78 is 2.28. The summed E-state index contributed by atoms with van der Waals surface area (Å²) in [6.07, 6.45) is 0.835. The second-order valence-corrected chi connectivity index (χ2v) is 5.18. The standard InChI is InChI=1S/C17H19N3/c1-3-20-16-9-4-12(2)10-15(16)19-17(20)11-13-5-7-14(18)8-6-13/h4-10H,3,11,18H2,1-2H3. The normalized spacial score (nSPS) is 11.1. The Morgan fingerprint density at radius 3 is 2.55 bits per heavy atom. The van der Waals surface area contributed by atoms with Crippen LogP contribution in [0.2, 0.25) is 0 Å². The predicted octanol–water partition coefficient (Wildman–Crippen LogP) is 3.54. The average molecular weight is 265 g/mol. The summed E-state index contributed by atoms with van der Waals surface area (Å²) in [5, 5.41) is 0. The van der Waals surface area contributed by atoms with Gasteiger partial charge in [-0.2, -0.15) is 0 Å². The van der Waals surface area contributed by atoms with Gasteiger partial charge >= 0.3 is 0 Å². The van der Waals surface area contributed by atoms with E-state index in [9.17, 15) is 0 Å². The summed E-state index contributed by atoms with van der Waals surface area (Å²) in [6, 6.07) is 14.5. The third kappa shape index (κ3) is 2.27. The number of rotatable bonds is 3. The topological polar surface area (TPSA) is 43.8 Å². The van der Waals surface area contributed by atoms with Crippen LogP contribution in [-0.4, -0.2) is 9.55 Å². The van der Waals surface area contributed by atoms with E-state index in [1.54, 1.807) is 0 Å². The second-order valence-electron chi connectivity index (χ2n) is 5.18. The zero-order valence-electron chi connectivity index (χ0n) is 11.9. The molecule has 3 rings (SSSR count). The van der Waals surface area contributed by atoms with Gasteiger partial charge in [0.15, 0.2) is 0 Å². The molecule has 1 heterocycles. The van der Waals surface area contributed by atoms with Crippen molar-refractivity contribution >= 4 is 16.7 Å². The van der Waals surface area contributed by atoms with Crippen molar-refractivity contribution in [3.63, 3.8) is 0 Å². The highest BCUT2D eigenvalue weighted by Gasteiger charge is 2.10. The van der Waals surface area contributed by atoms with Crippen molar-refractivity contribution in [2.75, 3.05) is 5.73 Å². The number of fused-ring (bicyclic) bond motifs is 1. The molecule has 2 aromatic carbocycles. The van der Waals surface area contributed by atoms with Crippen molar-refractivity contribution in [2.45, 2.75) is 26.8 Å². The Hall–Kier alpha value is -2.29. The van der Waals surface area contributed by atoms with Crippen LogP contribution in [0.5, 0.6) is 0 Å². The Labute approximate surface area is 119 Å². The Bertz CT molecular complexity index is 739. The lowest BCUT2D eigenvalue weighted by molar-refractivity contribution is 0.733. The van der Waals surface area contributed by atoms with Crippen LogP contribution in [0.15, 0.2) is 42.5 Å². The number of hydrogen-bond acceptors (Lipinski definition) is 2. The summed E-state index contributed by atoms with van der Waals surface area (Å²) in [5.74, 6) is 1.11. The largest absolute Gasteiger partial charge is 0.399 e. The van der Waals surface area contributed by atoms with Crippen LogP contribution in [0.1, 0.15) is 23.9 Å². The van der Waals surface area contributed by atoms with E-state index in [0.717, 1.165) is 30.0 Å². The summed E-state index contributed by atoms with van der Waals surface area (Å²) in [5.41, 5.74) is 11.3. The smallest absolute Gasteiger partial charge is 0.114 e. The van der Waals surface area contributed by atoms with Gasteiger partial charge < -0.3 is 10.3 Å². The number of aromatic nitrogens is 2. The van der Waals surface area contributed by atoms with Crippen LogP contribution in [0, 0.1) is 6.92 Å². The monoisotopic (exact) mass is 265 g/mol. The Morgan fingerprint density at radius 2 is 1.85 bits per heavy atom. The van der Waals surface area contributed by atoms with E-state index in [2.05, 4.69) is 48.7 Å². The maximum atomic E-state index is 5.73. The number of anilines is 1. The third-order valence-corrected chi connectivity index (χ3v) is 3.64. The van der Waals surface area contributed by atoms with Gasteiger partial charge in [0.05, 0.1) is 11.0 Å². The number of nitrogens with two attached hydrogens (primary N) is 1. The number of imidazole rings is 1. The lowest BCUT2D eigenvalue weighted by Gasteiger charge is -2.06. The molecule has 102 valence electrons. The van der Waals surface area contributed by atoms with Crippen molar-refractivity contribution in [3.8, 4) is 0 Å². The van der Waals surface area contributed by atoms with E-state index in [0.29, 0.717) is 0 Å². The first-order valence-corrected chi connectivity index (χ1v) is 6.97. The molecule has 0 radical (unpaired) electrons. The maximum absolute atomic E-state index is 5.73. The lowest BCUT2D eigenvalue weighted by Crippen LogP contribution is -2.02. The van der Waals surface area contributed by atoms with Crippen LogP contribution < -0.4 is 5.73 Å². The Kier molecular flexibility index (Phi) is 3.18. The van der Waals surface area contributed by atoms with Gasteiger partial charge in [-0.25, -0.2) is 4.98 Å². The summed E-state index contributed by atoms with van der Waals surface area (Å²) in [4.78, 5) is 4.79. The third-order valence-electron chi connectivity index (χ3n) is 3.64. The van der Waals surface area contributed by atoms with Gasteiger partial charge in [-0.3, -0.25) is 0 Å². The molecule has 0 bridgehead atoms. The highest BCUT2D eigenvalue weighted by Crippen LogP contribution is 2.20. The first-order chi connectivity index (χ1) is 9.67. The fourth-order valence-corrected chi connectivity index (χ4v) is 2.60. The maximum Gasteiger partial charge on any atom is 0.114 e. The molecule has 0 aliphatic carbocycles. The van der Waals surface area contributed by atoms with Gasteiger partial charge in [-0.1, -0.05) is 18.2 Å². The van der Waals surface area contributed by atoms with Gasteiger partial charge in [-0.05, 0) is 49.2 Å². The number of nitrogen functional groups attached to an aromatic ring is 1. The van der Waals surface area contributed by atoms with Crippen molar-refractivity contribution in [1.29, 1.82) is 0 Å². The Morgan fingerprint density at radius 1 is 1.10 bits per heavy atom. The van der Waals surface area contributed by atoms with Crippen molar-refractivity contribution in [1.82, 2.24) is 9.55 Å². The molecule has 3 nitrogen and oxygen atoms in total. The molecule has 2 N–H and O–H groups in total. The SMILES string of the molecule is CCn1c(Cc2ccc(N)cc2)nc2cc(C)ccc21. The zero-order chi connectivity index (χ0) is 14.1. The van der Waals surface area contributed by atoms with E-state index >= 15 is 0 Å². The summed E-state index contributed by atoms with van der Waals surface area (Å²) >= 11 is 0. The van der Waals surface area contributed by atoms with Crippen molar-refractivity contribution < 1.29 is 0 Å². The lowest BCUT2D eigenvalue weighted by atomic mass is 10.1. The molecule has 0 aliphatic heterocycles. The molecule has 0 amide bonds. The fourth-order valence-electron chi connectivity index (χ4n) is 2.60. The van der Waals surface area contributed by atoms with Crippen LogP contribution in [0.25, 0.3) is 11.0 Å². The van der Waals surface area contributed by atoms with Crippen molar-refractivity contribution in [3.05, 3.63) is 59.4 Å². The highest BCUT2D eigenvalue weighted by atomic mass is 15.1. The molecule has 0 saturated heterocycles. The minimum Gasteiger partial charge on any atom is -0.399 e. The number of aryl methyl sites for hydroxylation is 2. The first-order valence-electron chi connectivity index (χ1n) is 6.97. The second kappa shape index (κ2) is 5.00. The molecular weight excluding hydrogens is 246 g/mol.